The van der Waals surface area contributed by atoms with Crippen molar-refractivity contribution in [3.8, 4) is 0 Å². The van der Waals surface area contributed by atoms with Crippen molar-refractivity contribution in [3.63, 3.8) is 0 Å². The summed E-state index contributed by atoms with van der Waals surface area (Å²) < 4.78 is 0. The zero-order chi connectivity index (χ0) is 9.42. The summed E-state index contributed by atoms with van der Waals surface area (Å²) in [6.07, 6.45) is 1.36. The number of aliphatic hydroxyl groups excluding tert-OH is 1. The molecule has 0 saturated heterocycles. The fourth-order valence-electron chi connectivity index (χ4n) is 1.47. The van der Waals surface area contributed by atoms with Crippen molar-refractivity contribution in [1.29, 1.82) is 0 Å². The first-order valence-corrected chi connectivity index (χ1v) is 4.51. The highest BCUT2D eigenvalue weighted by atomic mass is 35.5. The van der Waals surface area contributed by atoms with Gasteiger partial charge < -0.3 is 10.1 Å². The van der Waals surface area contributed by atoms with Crippen LogP contribution in [0.1, 0.15) is 18.6 Å². The Hall–Kier alpha value is -0.990. The van der Waals surface area contributed by atoms with E-state index >= 15 is 0 Å². The van der Waals surface area contributed by atoms with Crippen LogP contribution in [-0.2, 0) is 0 Å². The van der Waals surface area contributed by atoms with Crippen molar-refractivity contribution in [3.05, 3.63) is 35.0 Å². The van der Waals surface area contributed by atoms with E-state index in [1.54, 1.807) is 6.92 Å². The summed E-state index contributed by atoms with van der Waals surface area (Å²) in [5.41, 5.74) is 1.87. The van der Waals surface area contributed by atoms with Gasteiger partial charge in [0.05, 0.1) is 6.10 Å². The molecule has 2 rings (SSSR count). The van der Waals surface area contributed by atoms with Crippen molar-refractivity contribution in [2.45, 2.75) is 13.0 Å². The van der Waals surface area contributed by atoms with Crippen LogP contribution in [0.5, 0.6) is 0 Å². The maximum atomic E-state index is 9.43. The molecule has 0 amide bonds. The van der Waals surface area contributed by atoms with Gasteiger partial charge in [0, 0.05) is 27.7 Å². The molecule has 1 aromatic carbocycles. The highest BCUT2D eigenvalue weighted by Gasteiger charge is 2.07. The second kappa shape index (κ2) is 3.05. The summed E-state index contributed by atoms with van der Waals surface area (Å²) in [6.45, 7) is 1.75. The molecule has 2 nitrogen and oxygen atoms in total. The maximum absolute atomic E-state index is 9.43. The monoisotopic (exact) mass is 195 g/mol. The normalized spacial score (nSPS) is 13.5. The summed E-state index contributed by atoms with van der Waals surface area (Å²) in [7, 11) is 0. The van der Waals surface area contributed by atoms with Gasteiger partial charge in [-0.2, -0.15) is 0 Å². The van der Waals surface area contributed by atoms with E-state index < -0.39 is 6.10 Å². The fraction of sp³-hybridized carbons (Fsp3) is 0.200. The van der Waals surface area contributed by atoms with Gasteiger partial charge in [0.15, 0.2) is 0 Å². The molecule has 0 saturated carbocycles. The van der Waals surface area contributed by atoms with Crippen molar-refractivity contribution in [2.24, 2.45) is 0 Å². The molecule has 0 fully saturated rings. The molecule has 0 bridgehead atoms. The van der Waals surface area contributed by atoms with Crippen LogP contribution < -0.4 is 0 Å². The Bertz CT molecular complexity index is 433. The number of benzene rings is 1. The number of aromatic nitrogens is 1. The van der Waals surface area contributed by atoms with Crippen LogP contribution in [0.15, 0.2) is 24.4 Å². The average molecular weight is 196 g/mol. The maximum Gasteiger partial charge on any atom is 0.0782 e. The van der Waals surface area contributed by atoms with Gasteiger partial charge in [-0.15, -0.1) is 0 Å². The first-order valence-electron chi connectivity index (χ1n) is 4.13. The van der Waals surface area contributed by atoms with Crippen LogP contribution in [0.2, 0.25) is 5.02 Å². The standard InChI is InChI=1S/C10H10ClNO/c1-6(13)9-5-12-10-4-7(11)2-3-8(9)10/h2-6,12-13H,1H3/t6-/m0/s1. The molecule has 0 radical (unpaired) electrons. The lowest BCUT2D eigenvalue weighted by atomic mass is 10.1. The molecule has 1 atom stereocenters. The number of H-pyrrole nitrogens is 1. The summed E-state index contributed by atoms with van der Waals surface area (Å²) >= 11 is 5.83. The predicted octanol–water partition coefficient (Wildman–Crippen LogP) is 2.87. The number of aliphatic hydroxyl groups is 1. The molecule has 2 N–H and O–H groups in total. The van der Waals surface area contributed by atoms with Crippen LogP contribution in [-0.4, -0.2) is 10.1 Å². The van der Waals surface area contributed by atoms with Gasteiger partial charge in [0.25, 0.3) is 0 Å². The van der Waals surface area contributed by atoms with Crippen LogP contribution in [0.4, 0.5) is 0 Å². The van der Waals surface area contributed by atoms with Gasteiger partial charge >= 0.3 is 0 Å². The SMILES string of the molecule is C[C@H](O)c1c[nH]c2cc(Cl)ccc12. The van der Waals surface area contributed by atoms with Crippen molar-refractivity contribution < 1.29 is 5.11 Å². The molecule has 0 unspecified atom stereocenters. The molecule has 2 aromatic rings. The van der Waals surface area contributed by atoms with Gasteiger partial charge in [-0.3, -0.25) is 0 Å². The van der Waals surface area contributed by atoms with E-state index in [-0.39, 0.29) is 0 Å². The quantitative estimate of drug-likeness (QED) is 0.721. The Morgan fingerprint density at radius 2 is 2.23 bits per heavy atom. The van der Waals surface area contributed by atoms with E-state index in [9.17, 15) is 5.11 Å². The van der Waals surface area contributed by atoms with Crippen LogP contribution in [0.25, 0.3) is 10.9 Å². The number of halogens is 1. The predicted molar refractivity (Wildman–Crippen MR) is 53.9 cm³/mol. The molecular weight excluding hydrogens is 186 g/mol. The third-order valence-electron chi connectivity index (χ3n) is 2.13. The number of nitrogens with one attached hydrogen (secondary N) is 1. The molecule has 0 aliphatic rings. The fourth-order valence-corrected chi connectivity index (χ4v) is 1.64. The first-order chi connectivity index (χ1) is 6.18. The van der Waals surface area contributed by atoms with Crippen molar-refractivity contribution in [1.82, 2.24) is 4.98 Å². The molecule has 68 valence electrons. The third-order valence-corrected chi connectivity index (χ3v) is 2.36. The second-order valence-electron chi connectivity index (χ2n) is 3.11. The summed E-state index contributed by atoms with van der Waals surface area (Å²) in [5, 5.41) is 11.2. The average Bonchev–Trinajstić information content (AvgIpc) is 2.46. The third kappa shape index (κ3) is 1.43. The number of fused-ring (bicyclic) bond motifs is 1. The van der Waals surface area contributed by atoms with Crippen molar-refractivity contribution in [2.75, 3.05) is 0 Å². The zero-order valence-corrected chi connectivity index (χ0v) is 7.97. The Morgan fingerprint density at radius 3 is 2.92 bits per heavy atom. The second-order valence-corrected chi connectivity index (χ2v) is 3.55. The molecule has 0 aliphatic heterocycles. The topological polar surface area (TPSA) is 36.0 Å². The van der Waals surface area contributed by atoms with Gasteiger partial charge in [0.1, 0.15) is 0 Å². The zero-order valence-electron chi connectivity index (χ0n) is 7.21. The minimum absolute atomic E-state index is 0.449. The van der Waals surface area contributed by atoms with Gasteiger partial charge in [-0.1, -0.05) is 17.7 Å². The lowest BCUT2D eigenvalue weighted by Crippen LogP contribution is -1.87. The minimum Gasteiger partial charge on any atom is -0.389 e. The van der Waals surface area contributed by atoms with E-state index in [1.807, 2.05) is 24.4 Å². The van der Waals surface area contributed by atoms with E-state index in [0.29, 0.717) is 5.02 Å². The van der Waals surface area contributed by atoms with E-state index in [1.165, 1.54) is 0 Å². The Balaban J connectivity index is 2.69. The van der Waals surface area contributed by atoms with E-state index in [4.69, 9.17) is 11.6 Å². The number of hydrogen-bond donors (Lipinski definition) is 2. The molecule has 1 heterocycles. The van der Waals surface area contributed by atoms with E-state index in [0.717, 1.165) is 16.5 Å². The Kier molecular flexibility index (Phi) is 2.02. The lowest BCUT2D eigenvalue weighted by molar-refractivity contribution is 0.201. The lowest BCUT2D eigenvalue weighted by Gasteiger charge is -2.00. The summed E-state index contributed by atoms with van der Waals surface area (Å²) in [4.78, 5) is 3.07. The first kappa shape index (κ1) is 8.60. The summed E-state index contributed by atoms with van der Waals surface area (Å²) in [6, 6.07) is 5.59. The molecule has 0 aliphatic carbocycles. The molecule has 0 spiro atoms. The molecule has 1 aromatic heterocycles. The van der Waals surface area contributed by atoms with Gasteiger partial charge in [0.2, 0.25) is 0 Å². The van der Waals surface area contributed by atoms with Crippen LogP contribution in [0, 0.1) is 0 Å². The molecule has 13 heavy (non-hydrogen) atoms. The van der Waals surface area contributed by atoms with Gasteiger partial charge in [-0.05, 0) is 19.1 Å². The highest BCUT2D eigenvalue weighted by molar-refractivity contribution is 6.31. The minimum atomic E-state index is -0.449. The largest absolute Gasteiger partial charge is 0.389 e. The van der Waals surface area contributed by atoms with Gasteiger partial charge in [-0.25, -0.2) is 0 Å². The van der Waals surface area contributed by atoms with Crippen LogP contribution in [0.3, 0.4) is 0 Å². The Labute approximate surface area is 81.1 Å². The Morgan fingerprint density at radius 1 is 1.46 bits per heavy atom. The smallest absolute Gasteiger partial charge is 0.0782 e. The number of hydrogen-bond acceptors (Lipinski definition) is 1. The van der Waals surface area contributed by atoms with E-state index in [2.05, 4.69) is 4.98 Å². The number of aromatic amines is 1. The van der Waals surface area contributed by atoms with Crippen molar-refractivity contribution >= 4 is 22.5 Å². The summed E-state index contributed by atoms with van der Waals surface area (Å²) in [5.74, 6) is 0. The molecular formula is C10H10ClNO. The molecule has 3 heteroatoms. The highest BCUT2D eigenvalue weighted by Crippen LogP contribution is 2.25. The van der Waals surface area contributed by atoms with Crippen LogP contribution >= 0.6 is 11.6 Å². The number of rotatable bonds is 1.